The molecule has 1 rings (SSSR count). The third kappa shape index (κ3) is 3.14. The van der Waals surface area contributed by atoms with Crippen LogP contribution >= 0.6 is 0 Å². The number of carboxylic acid groups (broad SMARTS) is 1. The molecule has 0 unspecified atom stereocenters. The van der Waals surface area contributed by atoms with Gasteiger partial charge in [-0.15, -0.1) is 0 Å². The second-order valence-corrected chi connectivity index (χ2v) is 3.62. The van der Waals surface area contributed by atoms with E-state index in [2.05, 4.69) is 4.98 Å². The smallest absolute Gasteiger partial charge is 0.342 e. The van der Waals surface area contributed by atoms with Crippen LogP contribution in [0.25, 0.3) is 0 Å². The normalized spacial score (nSPS) is 10.1. The lowest BCUT2D eigenvalue weighted by atomic mass is 10.2. The molecular formula is C10H13N3O5. The minimum Gasteiger partial charge on any atom is -0.477 e. The Hall–Kier alpha value is -2.22. The Morgan fingerprint density at radius 1 is 1.61 bits per heavy atom. The number of pyridine rings is 1. The second-order valence-electron chi connectivity index (χ2n) is 3.62. The zero-order valence-electron chi connectivity index (χ0n) is 9.74. The highest BCUT2D eigenvalue weighted by atomic mass is 16.6. The topological polar surface area (TPSA) is 117 Å². The maximum Gasteiger partial charge on any atom is 0.342 e. The fraction of sp³-hybridized carbons (Fsp3) is 0.400. The summed E-state index contributed by atoms with van der Waals surface area (Å²) in [4.78, 5) is 26.2. The molecule has 0 aromatic carbocycles. The molecule has 0 fully saturated rings. The fourth-order valence-corrected chi connectivity index (χ4v) is 1.39. The van der Waals surface area contributed by atoms with Crippen LogP contribution in [0.15, 0.2) is 12.3 Å². The predicted molar refractivity (Wildman–Crippen MR) is 62.8 cm³/mol. The van der Waals surface area contributed by atoms with Crippen molar-refractivity contribution in [2.75, 3.05) is 25.1 Å². The molecule has 0 bridgehead atoms. The van der Waals surface area contributed by atoms with Gasteiger partial charge in [0.25, 0.3) is 0 Å². The third-order valence-corrected chi connectivity index (χ3v) is 2.34. The highest BCUT2D eigenvalue weighted by molar-refractivity contribution is 5.93. The fourth-order valence-electron chi connectivity index (χ4n) is 1.39. The van der Waals surface area contributed by atoms with E-state index in [-0.39, 0.29) is 6.61 Å². The number of carbonyl (C=O) groups is 1. The highest BCUT2D eigenvalue weighted by Gasteiger charge is 2.21. The van der Waals surface area contributed by atoms with Gasteiger partial charge in [-0.25, -0.2) is 9.78 Å². The van der Waals surface area contributed by atoms with E-state index in [1.807, 2.05) is 0 Å². The first kappa shape index (κ1) is 13.8. The first-order chi connectivity index (χ1) is 8.47. The van der Waals surface area contributed by atoms with E-state index in [1.54, 1.807) is 11.9 Å². The van der Waals surface area contributed by atoms with Crippen LogP contribution in [0.1, 0.15) is 16.8 Å². The Kier molecular flexibility index (Phi) is 4.55. The number of hydrogen-bond donors (Lipinski definition) is 2. The Morgan fingerprint density at radius 2 is 2.28 bits per heavy atom. The molecule has 0 aliphatic heterocycles. The second kappa shape index (κ2) is 5.92. The van der Waals surface area contributed by atoms with Gasteiger partial charge >= 0.3 is 11.7 Å². The molecule has 18 heavy (non-hydrogen) atoms. The third-order valence-electron chi connectivity index (χ3n) is 2.34. The van der Waals surface area contributed by atoms with Gasteiger partial charge in [0.05, 0.1) is 4.92 Å². The van der Waals surface area contributed by atoms with E-state index in [4.69, 9.17) is 10.2 Å². The number of carboxylic acids is 1. The van der Waals surface area contributed by atoms with Crippen LogP contribution in [0, 0.1) is 10.1 Å². The van der Waals surface area contributed by atoms with Gasteiger partial charge in [0, 0.05) is 26.3 Å². The van der Waals surface area contributed by atoms with Crippen LogP contribution in [-0.2, 0) is 0 Å². The zero-order valence-corrected chi connectivity index (χ0v) is 9.74. The molecule has 8 nitrogen and oxygen atoms in total. The molecule has 0 saturated heterocycles. The molecule has 0 radical (unpaired) electrons. The summed E-state index contributed by atoms with van der Waals surface area (Å²) in [5, 5.41) is 28.2. The Labute approximate surface area is 103 Å². The van der Waals surface area contributed by atoms with E-state index in [0.717, 1.165) is 12.3 Å². The van der Waals surface area contributed by atoms with Gasteiger partial charge in [-0.1, -0.05) is 0 Å². The van der Waals surface area contributed by atoms with E-state index in [0.29, 0.717) is 18.8 Å². The van der Waals surface area contributed by atoms with Gasteiger partial charge in [-0.3, -0.25) is 10.1 Å². The summed E-state index contributed by atoms with van der Waals surface area (Å²) in [5.74, 6) is -1.06. The summed E-state index contributed by atoms with van der Waals surface area (Å²) >= 11 is 0. The minimum atomic E-state index is -1.37. The molecule has 1 heterocycles. The van der Waals surface area contributed by atoms with Crippen molar-refractivity contribution in [1.29, 1.82) is 0 Å². The number of rotatable bonds is 6. The van der Waals surface area contributed by atoms with Crippen molar-refractivity contribution in [2.24, 2.45) is 0 Å². The van der Waals surface area contributed by atoms with Crippen LogP contribution in [0.2, 0.25) is 0 Å². The first-order valence-electron chi connectivity index (χ1n) is 5.17. The number of aromatic nitrogens is 1. The summed E-state index contributed by atoms with van der Waals surface area (Å²) in [7, 11) is 1.66. The zero-order chi connectivity index (χ0) is 13.7. The molecular weight excluding hydrogens is 242 g/mol. The van der Waals surface area contributed by atoms with Crippen LogP contribution in [0.4, 0.5) is 11.5 Å². The standard InChI is InChI=1S/C10H13N3O5/c1-12(3-2-4-14)9-5-7(10(15)16)8(6-11-9)13(17)18/h5-6,14H,2-4H2,1H3,(H,15,16). The number of anilines is 1. The van der Waals surface area contributed by atoms with Crippen LogP contribution < -0.4 is 4.90 Å². The summed E-state index contributed by atoms with van der Waals surface area (Å²) in [6.45, 7) is 0.476. The van der Waals surface area contributed by atoms with Crippen molar-refractivity contribution in [3.05, 3.63) is 27.9 Å². The van der Waals surface area contributed by atoms with E-state index < -0.39 is 22.1 Å². The quantitative estimate of drug-likeness (QED) is 0.561. The van der Waals surface area contributed by atoms with Crippen LogP contribution in [0.3, 0.4) is 0 Å². The molecule has 0 spiro atoms. The number of nitrogens with zero attached hydrogens (tertiary/aromatic N) is 3. The Balaban J connectivity index is 3.07. The van der Waals surface area contributed by atoms with Crippen molar-refractivity contribution in [2.45, 2.75) is 6.42 Å². The largest absolute Gasteiger partial charge is 0.477 e. The molecule has 0 amide bonds. The van der Waals surface area contributed by atoms with Gasteiger partial charge in [0.1, 0.15) is 17.6 Å². The summed E-state index contributed by atoms with van der Waals surface area (Å²) < 4.78 is 0. The van der Waals surface area contributed by atoms with Crippen molar-refractivity contribution in [3.8, 4) is 0 Å². The number of hydrogen-bond acceptors (Lipinski definition) is 6. The number of aliphatic hydroxyl groups is 1. The molecule has 0 aliphatic carbocycles. The van der Waals surface area contributed by atoms with E-state index in [1.165, 1.54) is 0 Å². The molecule has 1 aromatic heterocycles. The maximum atomic E-state index is 10.9. The number of aromatic carboxylic acids is 1. The number of nitro groups is 1. The first-order valence-corrected chi connectivity index (χ1v) is 5.17. The van der Waals surface area contributed by atoms with Gasteiger partial charge in [-0.05, 0) is 6.42 Å². The van der Waals surface area contributed by atoms with Crippen LogP contribution in [0.5, 0.6) is 0 Å². The maximum absolute atomic E-state index is 10.9. The molecule has 1 aromatic rings. The van der Waals surface area contributed by atoms with Crippen molar-refractivity contribution in [1.82, 2.24) is 4.98 Å². The SMILES string of the molecule is CN(CCCO)c1cc(C(=O)O)c([N+](=O)[O-])cn1. The highest BCUT2D eigenvalue weighted by Crippen LogP contribution is 2.21. The van der Waals surface area contributed by atoms with Gasteiger partial charge in [0.15, 0.2) is 0 Å². The monoisotopic (exact) mass is 255 g/mol. The molecule has 0 aliphatic rings. The molecule has 98 valence electrons. The van der Waals surface area contributed by atoms with Gasteiger partial charge < -0.3 is 15.1 Å². The lowest BCUT2D eigenvalue weighted by Gasteiger charge is -2.17. The van der Waals surface area contributed by atoms with Gasteiger partial charge in [0.2, 0.25) is 0 Å². The van der Waals surface area contributed by atoms with E-state index in [9.17, 15) is 14.9 Å². The summed E-state index contributed by atoms with van der Waals surface area (Å²) in [6.07, 6.45) is 1.42. The molecule has 8 heteroatoms. The van der Waals surface area contributed by atoms with Gasteiger partial charge in [-0.2, -0.15) is 0 Å². The summed E-state index contributed by atoms with van der Waals surface area (Å²) in [5.41, 5.74) is -0.942. The lowest BCUT2D eigenvalue weighted by Crippen LogP contribution is -2.21. The molecule has 2 N–H and O–H groups in total. The molecule has 0 saturated carbocycles. The predicted octanol–water partition coefficient (Wildman–Crippen LogP) is 0.507. The van der Waals surface area contributed by atoms with Crippen molar-refractivity contribution < 1.29 is 19.9 Å². The Morgan fingerprint density at radius 3 is 2.78 bits per heavy atom. The van der Waals surface area contributed by atoms with Crippen LogP contribution in [-0.4, -0.2) is 46.3 Å². The average Bonchev–Trinajstić information content (AvgIpc) is 2.34. The lowest BCUT2D eigenvalue weighted by molar-refractivity contribution is -0.385. The molecule has 0 atom stereocenters. The summed E-state index contributed by atoms with van der Waals surface area (Å²) in [6, 6.07) is 1.15. The average molecular weight is 255 g/mol. The van der Waals surface area contributed by atoms with Crippen molar-refractivity contribution in [3.63, 3.8) is 0 Å². The van der Waals surface area contributed by atoms with E-state index >= 15 is 0 Å². The van der Waals surface area contributed by atoms with Crippen molar-refractivity contribution >= 4 is 17.5 Å². The number of aliphatic hydroxyl groups excluding tert-OH is 1. The minimum absolute atomic E-state index is 0.00308. The Bertz CT molecular complexity index is 463.